The topological polar surface area (TPSA) is 108 Å². The standard InChI is InChI=1S/C23H25N5O3.C2H6/c1-4-25-21(29)12-30-18-7-5-6-16(8-18)11-28-13-26-23-19(24)9-17(10-20(23)28)22-14(2)27-31-15(22)3;1-2/h5-10,13H,4,11-12,24H2,1-3H3,(H,25,29);1-2H3. The first-order valence-corrected chi connectivity index (χ1v) is 11.1. The Hall–Kier alpha value is -3.81. The highest BCUT2D eigenvalue weighted by Gasteiger charge is 2.16. The molecule has 8 heteroatoms. The van der Waals surface area contributed by atoms with E-state index >= 15 is 0 Å². The van der Waals surface area contributed by atoms with Crippen molar-refractivity contribution in [2.24, 2.45) is 0 Å². The second kappa shape index (κ2) is 10.7. The van der Waals surface area contributed by atoms with E-state index in [0.717, 1.165) is 39.2 Å². The van der Waals surface area contributed by atoms with E-state index in [1.54, 1.807) is 6.33 Å². The molecule has 0 unspecified atom stereocenters. The van der Waals surface area contributed by atoms with Crippen molar-refractivity contribution in [2.75, 3.05) is 18.9 Å². The van der Waals surface area contributed by atoms with Crippen LogP contribution in [0.25, 0.3) is 22.2 Å². The van der Waals surface area contributed by atoms with Crippen molar-refractivity contribution in [3.05, 3.63) is 59.7 Å². The Morgan fingerprint density at radius 2 is 2.00 bits per heavy atom. The molecule has 33 heavy (non-hydrogen) atoms. The molecule has 0 bridgehead atoms. The number of nitrogen functional groups attached to an aromatic ring is 1. The molecule has 0 saturated heterocycles. The van der Waals surface area contributed by atoms with E-state index in [1.807, 2.05) is 69.5 Å². The number of aryl methyl sites for hydroxylation is 2. The number of rotatable bonds is 7. The van der Waals surface area contributed by atoms with Gasteiger partial charge in [0.25, 0.3) is 5.91 Å². The monoisotopic (exact) mass is 449 g/mol. The number of nitrogens with two attached hydrogens (primary N) is 1. The lowest BCUT2D eigenvalue weighted by molar-refractivity contribution is -0.122. The van der Waals surface area contributed by atoms with Crippen LogP contribution in [0, 0.1) is 13.8 Å². The lowest BCUT2D eigenvalue weighted by atomic mass is 10.0. The number of aromatic nitrogens is 3. The van der Waals surface area contributed by atoms with Gasteiger partial charge in [-0.1, -0.05) is 31.1 Å². The normalized spacial score (nSPS) is 10.6. The number of fused-ring (bicyclic) bond motifs is 1. The molecule has 1 amide bonds. The van der Waals surface area contributed by atoms with Gasteiger partial charge in [-0.2, -0.15) is 0 Å². The van der Waals surface area contributed by atoms with Crippen LogP contribution < -0.4 is 15.8 Å². The van der Waals surface area contributed by atoms with Gasteiger partial charge in [0, 0.05) is 18.7 Å². The van der Waals surface area contributed by atoms with Gasteiger partial charge in [0.05, 0.1) is 23.2 Å². The van der Waals surface area contributed by atoms with Crippen LogP contribution in [0.3, 0.4) is 0 Å². The second-order valence-electron chi connectivity index (χ2n) is 7.39. The van der Waals surface area contributed by atoms with Crippen molar-refractivity contribution in [3.8, 4) is 16.9 Å². The largest absolute Gasteiger partial charge is 0.484 e. The van der Waals surface area contributed by atoms with Crippen molar-refractivity contribution in [1.29, 1.82) is 0 Å². The average molecular weight is 450 g/mol. The number of carbonyl (C=O) groups excluding carboxylic acids is 1. The molecule has 4 aromatic rings. The Morgan fingerprint density at radius 1 is 1.21 bits per heavy atom. The molecule has 0 aliphatic rings. The highest BCUT2D eigenvalue weighted by Crippen LogP contribution is 2.32. The molecule has 0 spiro atoms. The number of nitrogens with zero attached hydrogens (tertiary/aromatic N) is 3. The van der Waals surface area contributed by atoms with Gasteiger partial charge in [-0.25, -0.2) is 4.98 Å². The van der Waals surface area contributed by atoms with Gasteiger partial charge >= 0.3 is 0 Å². The fraction of sp³-hybridized carbons (Fsp3) is 0.320. The molecule has 0 atom stereocenters. The summed E-state index contributed by atoms with van der Waals surface area (Å²) in [5.74, 6) is 1.25. The molecule has 0 fully saturated rings. The first-order valence-electron chi connectivity index (χ1n) is 11.1. The molecule has 3 N–H and O–H groups in total. The Labute approximate surface area is 193 Å². The van der Waals surface area contributed by atoms with Crippen molar-refractivity contribution in [3.63, 3.8) is 0 Å². The van der Waals surface area contributed by atoms with Crippen LogP contribution in [-0.4, -0.2) is 33.8 Å². The van der Waals surface area contributed by atoms with E-state index < -0.39 is 0 Å². The summed E-state index contributed by atoms with van der Waals surface area (Å²) in [5, 5.41) is 6.77. The number of amides is 1. The molecule has 0 aliphatic heterocycles. The molecule has 2 aromatic carbocycles. The van der Waals surface area contributed by atoms with E-state index in [1.165, 1.54) is 0 Å². The molecular weight excluding hydrogens is 418 g/mol. The minimum absolute atomic E-state index is 0.0113. The summed E-state index contributed by atoms with van der Waals surface area (Å²) in [7, 11) is 0. The lowest BCUT2D eigenvalue weighted by Gasteiger charge is -2.10. The van der Waals surface area contributed by atoms with Gasteiger partial charge in [0.1, 0.15) is 17.0 Å². The van der Waals surface area contributed by atoms with Crippen LogP contribution in [0.1, 0.15) is 37.8 Å². The molecular formula is C25H31N5O3. The van der Waals surface area contributed by atoms with Gasteiger partial charge in [-0.05, 0) is 56.2 Å². The highest BCUT2D eigenvalue weighted by molar-refractivity contribution is 5.92. The molecule has 4 rings (SSSR count). The fourth-order valence-electron chi connectivity index (χ4n) is 3.68. The van der Waals surface area contributed by atoms with Crippen LogP contribution in [0.2, 0.25) is 0 Å². The third kappa shape index (κ3) is 5.34. The minimum Gasteiger partial charge on any atom is -0.484 e. The van der Waals surface area contributed by atoms with E-state index in [9.17, 15) is 4.79 Å². The van der Waals surface area contributed by atoms with Crippen molar-refractivity contribution >= 4 is 22.6 Å². The summed E-state index contributed by atoms with van der Waals surface area (Å²) in [6, 6.07) is 11.6. The number of nitrogens with one attached hydrogen (secondary N) is 1. The van der Waals surface area contributed by atoms with Crippen molar-refractivity contribution in [1.82, 2.24) is 20.0 Å². The lowest BCUT2D eigenvalue weighted by Crippen LogP contribution is -2.28. The molecule has 0 aliphatic carbocycles. The Balaban J connectivity index is 0.00000149. The summed E-state index contributed by atoms with van der Waals surface area (Å²) in [6.07, 6.45) is 1.78. The summed E-state index contributed by atoms with van der Waals surface area (Å²) in [5.41, 5.74) is 12.3. The molecule has 8 nitrogen and oxygen atoms in total. The Morgan fingerprint density at radius 3 is 2.70 bits per heavy atom. The summed E-state index contributed by atoms with van der Waals surface area (Å²) in [4.78, 5) is 16.1. The van der Waals surface area contributed by atoms with E-state index in [2.05, 4.69) is 21.5 Å². The Bertz CT molecular complexity index is 1220. The SMILES string of the molecule is CC.CCNC(=O)COc1cccc(Cn2cnc3c(N)cc(-c4c(C)noc4C)cc32)c1. The van der Waals surface area contributed by atoms with Crippen LogP contribution in [0.15, 0.2) is 47.2 Å². The number of ether oxygens (including phenoxy) is 1. The highest BCUT2D eigenvalue weighted by atomic mass is 16.5. The van der Waals surface area contributed by atoms with Crippen molar-refractivity contribution < 1.29 is 14.1 Å². The number of hydrogen-bond donors (Lipinski definition) is 2. The van der Waals surface area contributed by atoms with Gasteiger partial charge in [0.15, 0.2) is 6.61 Å². The quantitative estimate of drug-likeness (QED) is 0.403. The zero-order valence-electron chi connectivity index (χ0n) is 19.8. The smallest absolute Gasteiger partial charge is 0.257 e. The minimum atomic E-state index is -0.143. The Kier molecular flexibility index (Phi) is 7.71. The number of hydrogen-bond acceptors (Lipinski definition) is 6. The summed E-state index contributed by atoms with van der Waals surface area (Å²) in [6.45, 7) is 10.8. The third-order valence-electron chi connectivity index (χ3n) is 5.07. The zero-order chi connectivity index (χ0) is 24.0. The van der Waals surface area contributed by atoms with Crippen molar-refractivity contribution in [2.45, 2.75) is 41.2 Å². The average Bonchev–Trinajstić information content (AvgIpc) is 3.37. The van der Waals surface area contributed by atoms with Gasteiger partial charge in [0.2, 0.25) is 0 Å². The maximum absolute atomic E-state index is 11.6. The van der Waals surface area contributed by atoms with E-state index in [-0.39, 0.29) is 12.5 Å². The predicted octanol–water partition coefficient (Wildman–Crippen LogP) is 4.48. The molecule has 2 aromatic heterocycles. The van der Waals surface area contributed by atoms with E-state index in [0.29, 0.717) is 24.5 Å². The maximum Gasteiger partial charge on any atom is 0.257 e. The summed E-state index contributed by atoms with van der Waals surface area (Å²) >= 11 is 0. The molecule has 2 heterocycles. The number of likely N-dealkylation sites (N-methyl/N-ethyl adjacent to an activating group) is 1. The number of benzene rings is 2. The van der Waals surface area contributed by atoms with Gasteiger partial charge < -0.3 is 24.9 Å². The fourth-order valence-corrected chi connectivity index (χ4v) is 3.68. The number of imidazole rings is 1. The first kappa shape index (κ1) is 23.8. The van der Waals surface area contributed by atoms with Crippen LogP contribution in [-0.2, 0) is 11.3 Å². The van der Waals surface area contributed by atoms with Crippen LogP contribution in [0.5, 0.6) is 5.75 Å². The zero-order valence-corrected chi connectivity index (χ0v) is 19.8. The maximum atomic E-state index is 11.6. The molecule has 0 radical (unpaired) electrons. The van der Waals surface area contributed by atoms with Crippen LogP contribution >= 0.6 is 0 Å². The first-order chi connectivity index (χ1) is 16.0. The summed E-state index contributed by atoms with van der Waals surface area (Å²) < 4.78 is 13.0. The predicted molar refractivity (Wildman–Crippen MR) is 130 cm³/mol. The molecule has 0 saturated carbocycles. The second-order valence-corrected chi connectivity index (χ2v) is 7.39. The molecule has 174 valence electrons. The van der Waals surface area contributed by atoms with Gasteiger partial charge in [-0.3, -0.25) is 4.79 Å². The third-order valence-corrected chi connectivity index (χ3v) is 5.07. The van der Waals surface area contributed by atoms with Crippen LogP contribution in [0.4, 0.5) is 5.69 Å². The number of carbonyl (C=O) groups is 1. The number of anilines is 1. The van der Waals surface area contributed by atoms with Gasteiger partial charge in [-0.15, -0.1) is 0 Å². The van der Waals surface area contributed by atoms with E-state index in [4.69, 9.17) is 15.0 Å².